The zero-order chi connectivity index (χ0) is 16.7. The number of nitrogens with zero attached hydrogens (tertiary/aromatic N) is 3. The van der Waals surface area contributed by atoms with Crippen LogP contribution >= 0.6 is 0 Å². The molecule has 122 valence electrons. The summed E-state index contributed by atoms with van der Waals surface area (Å²) >= 11 is 0. The van der Waals surface area contributed by atoms with Crippen LogP contribution in [0.25, 0.3) is 6.08 Å². The van der Waals surface area contributed by atoms with Gasteiger partial charge >= 0.3 is 5.97 Å². The van der Waals surface area contributed by atoms with Crippen molar-refractivity contribution in [2.45, 2.75) is 33.9 Å². The molecule has 6 nitrogen and oxygen atoms in total. The summed E-state index contributed by atoms with van der Waals surface area (Å²) in [5, 5.41) is 11.5. The van der Waals surface area contributed by atoms with Crippen LogP contribution in [0.3, 0.4) is 0 Å². The summed E-state index contributed by atoms with van der Waals surface area (Å²) in [5.74, 6) is -0.328. The van der Waals surface area contributed by atoms with E-state index in [-0.39, 0.29) is 5.97 Å². The monoisotopic (exact) mass is 314 g/mol. The number of carbonyl (C=O) groups is 1. The molecule has 6 heteroatoms. The molecular weight excluding hydrogens is 292 g/mol. The van der Waals surface area contributed by atoms with Crippen molar-refractivity contribution < 1.29 is 9.53 Å². The molecular formula is C17H22N4O2. The summed E-state index contributed by atoms with van der Waals surface area (Å²) in [7, 11) is 0. The van der Waals surface area contributed by atoms with E-state index in [1.165, 1.54) is 6.08 Å². The van der Waals surface area contributed by atoms with Crippen molar-refractivity contribution in [2.24, 2.45) is 0 Å². The van der Waals surface area contributed by atoms with E-state index in [9.17, 15) is 4.79 Å². The van der Waals surface area contributed by atoms with Gasteiger partial charge in [0, 0.05) is 18.3 Å². The third-order valence-electron chi connectivity index (χ3n) is 3.40. The Morgan fingerprint density at radius 1 is 1.30 bits per heavy atom. The molecule has 1 N–H and O–H groups in total. The number of anilines is 1. The van der Waals surface area contributed by atoms with Crippen LogP contribution in [0.15, 0.2) is 30.3 Å². The Kier molecular flexibility index (Phi) is 5.91. The van der Waals surface area contributed by atoms with E-state index in [1.54, 1.807) is 13.0 Å². The van der Waals surface area contributed by atoms with Crippen LogP contribution in [0.2, 0.25) is 0 Å². The standard InChI is InChI=1S/C17H22N4O2/c1-4-21-16(13(3)19-20-21)12-18-15-9-6-14(7-10-15)8-11-17(22)23-5-2/h6-11,18H,4-5,12H2,1-3H3/b11-8+. The number of ether oxygens (including phenoxy) is 1. The summed E-state index contributed by atoms with van der Waals surface area (Å²) < 4.78 is 6.74. The van der Waals surface area contributed by atoms with Crippen molar-refractivity contribution >= 4 is 17.7 Å². The second-order valence-electron chi connectivity index (χ2n) is 5.00. The Bertz CT molecular complexity index is 674. The molecule has 0 aliphatic heterocycles. The molecule has 0 aliphatic carbocycles. The molecule has 0 fully saturated rings. The molecule has 0 radical (unpaired) electrons. The molecule has 0 aliphatic rings. The fourth-order valence-electron chi connectivity index (χ4n) is 2.15. The van der Waals surface area contributed by atoms with Crippen molar-refractivity contribution in [1.29, 1.82) is 0 Å². The SMILES string of the molecule is CCOC(=O)/C=C/c1ccc(NCc2c(C)nnn2CC)cc1. The number of carbonyl (C=O) groups excluding carboxylic acids is 1. The van der Waals surface area contributed by atoms with Gasteiger partial charge in [-0.05, 0) is 44.5 Å². The van der Waals surface area contributed by atoms with Gasteiger partial charge in [-0.2, -0.15) is 0 Å². The molecule has 0 amide bonds. The Morgan fingerprint density at radius 3 is 2.70 bits per heavy atom. The molecule has 1 aromatic carbocycles. The first-order valence-electron chi connectivity index (χ1n) is 7.71. The lowest BCUT2D eigenvalue weighted by atomic mass is 10.2. The van der Waals surface area contributed by atoms with Gasteiger partial charge in [-0.15, -0.1) is 5.10 Å². The summed E-state index contributed by atoms with van der Waals surface area (Å²) in [5.41, 5.74) is 3.97. The molecule has 0 atom stereocenters. The van der Waals surface area contributed by atoms with Gasteiger partial charge in [0.05, 0.1) is 24.5 Å². The predicted molar refractivity (Wildman–Crippen MR) is 89.9 cm³/mol. The summed E-state index contributed by atoms with van der Waals surface area (Å²) in [6, 6.07) is 7.83. The number of esters is 1. The van der Waals surface area contributed by atoms with Crippen molar-refractivity contribution in [2.75, 3.05) is 11.9 Å². The minimum absolute atomic E-state index is 0.328. The third-order valence-corrected chi connectivity index (χ3v) is 3.40. The highest BCUT2D eigenvalue weighted by atomic mass is 16.5. The van der Waals surface area contributed by atoms with Crippen LogP contribution < -0.4 is 5.32 Å². The van der Waals surface area contributed by atoms with Gasteiger partial charge in [0.25, 0.3) is 0 Å². The fourth-order valence-corrected chi connectivity index (χ4v) is 2.15. The second-order valence-corrected chi connectivity index (χ2v) is 5.00. The lowest BCUT2D eigenvalue weighted by Gasteiger charge is -2.08. The summed E-state index contributed by atoms with van der Waals surface area (Å²) in [4.78, 5) is 11.3. The largest absolute Gasteiger partial charge is 0.463 e. The van der Waals surface area contributed by atoms with E-state index < -0.39 is 0 Å². The molecule has 1 aromatic heterocycles. The molecule has 2 rings (SSSR count). The fraction of sp³-hybridized carbons (Fsp3) is 0.353. The lowest BCUT2D eigenvalue weighted by Crippen LogP contribution is -2.08. The Hall–Kier alpha value is -2.63. The average Bonchev–Trinajstić information content (AvgIpc) is 2.92. The quantitative estimate of drug-likeness (QED) is 0.628. The zero-order valence-corrected chi connectivity index (χ0v) is 13.7. The van der Waals surface area contributed by atoms with E-state index >= 15 is 0 Å². The minimum Gasteiger partial charge on any atom is -0.463 e. The Morgan fingerprint density at radius 2 is 2.04 bits per heavy atom. The van der Waals surface area contributed by atoms with Crippen molar-refractivity contribution in [3.05, 3.63) is 47.3 Å². The van der Waals surface area contributed by atoms with Crippen LogP contribution in [-0.2, 0) is 22.6 Å². The molecule has 0 saturated carbocycles. The van der Waals surface area contributed by atoms with Crippen LogP contribution in [-0.4, -0.2) is 27.6 Å². The van der Waals surface area contributed by atoms with Crippen LogP contribution in [0.4, 0.5) is 5.69 Å². The van der Waals surface area contributed by atoms with Gasteiger partial charge in [-0.25, -0.2) is 9.48 Å². The first-order valence-corrected chi connectivity index (χ1v) is 7.71. The zero-order valence-electron chi connectivity index (χ0n) is 13.7. The number of hydrogen-bond acceptors (Lipinski definition) is 5. The number of nitrogens with one attached hydrogen (secondary N) is 1. The van der Waals surface area contributed by atoms with Gasteiger partial charge in [0.15, 0.2) is 0 Å². The van der Waals surface area contributed by atoms with E-state index in [0.717, 1.165) is 29.2 Å². The van der Waals surface area contributed by atoms with Gasteiger partial charge in [0.1, 0.15) is 0 Å². The van der Waals surface area contributed by atoms with E-state index in [0.29, 0.717) is 13.2 Å². The van der Waals surface area contributed by atoms with E-state index in [4.69, 9.17) is 4.74 Å². The predicted octanol–water partition coefficient (Wildman–Crippen LogP) is 2.79. The maximum Gasteiger partial charge on any atom is 0.330 e. The minimum atomic E-state index is -0.328. The first kappa shape index (κ1) is 16.7. The second kappa shape index (κ2) is 8.12. The molecule has 0 unspecified atom stereocenters. The lowest BCUT2D eigenvalue weighted by molar-refractivity contribution is -0.137. The van der Waals surface area contributed by atoms with Gasteiger partial charge in [-0.1, -0.05) is 17.3 Å². The number of aryl methyl sites for hydroxylation is 2. The number of hydrogen-bond donors (Lipinski definition) is 1. The molecule has 0 bridgehead atoms. The van der Waals surface area contributed by atoms with Crippen LogP contribution in [0, 0.1) is 6.92 Å². The van der Waals surface area contributed by atoms with Crippen molar-refractivity contribution in [3.63, 3.8) is 0 Å². The number of rotatable bonds is 7. The van der Waals surface area contributed by atoms with Crippen molar-refractivity contribution in [3.8, 4) is 0 Å². The Labute approximate surface area is 136 Å². The smallest absolute Gasteiger partial charge is 0.330 e. The molecule has 2 aromatic rings. The third kappa shape index (κ3) is 4.67. The normalized spacial score (nSPS) is 10.9. The highest BCUT2D eigenvalue weighted by molar-refractivity contribution is 5.87. The number of aromatic nitrogens is 3. The molecule has 0 spiro atoms. The van der Waals surface area contributed by atoms with Gasteiger partial charge in [0.2, 0.25) is 0 Å². The van der Waals surface area contributed by atoms with E-state index in [1.807, 2.05) is 42.8 Å². The summed E-state index contributed by atoms with van der Waals surface area (Å²) in [6.45, 7) is 7.64. The van der Waals surface area contributed by atoms with E-state index in [2.05, 4.69) is 15.6 Å². The summed E-state index contributed by atoms with van der Waals surface area (Å²) in [6.07, 6.45) is 3.17. The Balaban J connectivity index is 1.95. The van der Waals surface area contributed by atoms with Crippen LogP contribution in [0.1, 0.15) is 30.8 Å². The highest BCUT2D eigenvalue weighted by Crippen LogP contribution is 2.13. The van der Waals surface area contributed by atoms with Gasteiger partial charge in [-0.3, -0.25) is 0 Å². The van der Waals surface area contributed by atoms with Crippen LogP contribution in [0.5, 0.6) is 0 Å². The van der Waals surface area contributed by atoms with Crippen molar-refractivity contribution in [1.82, 2.24) is 15.0 Å². The average molecular weight is 314 g/mol. The first-order chi connectivity index (χ1) is 11.1. The molecule has 0 saturated heterocycles. The maximum absolute atomic E-state index is 11.3. The van der Waals surface area contributed by atoms with Gasteiger partial charge < -0.3 is 10.1 Å². The highest BCUT2D eigenvalue weighted by Gasteiger charge is 2.07. The number of benzene rings is 1. The topological polar surface area (TPSA) is 69.0 Å². The maximum atomic E-state index is 11.3. The molecule has 23 heavy (non-hydrogen) atoms. The molecule has 1 heterocycles.